The van der Waals surface area contributed by atoms with Crippen LogP contribution in [0.2, 0.25) is 0 Å². The van der Waals surface area contributed by atoms with Crippen LogP contribution in [-0.4, -0.2) is 0 Å². The van der Waals surface area contributed by atoms with E-state index in [4.69, 9.17) is 9.47 Å². The maximum absolute atomic E-state index is 6.26. The van der Waals surface area contributed by atoms with Gasteiger partial charge in [0, 0.05) is 19.7 Å². The monoisotopic (exact) mass is 440 g/mol. The Balaban J connectivity index is 1.81. The number of rotatable bonds is 0. The lowest BCUT2D eigenvalue weighted by atomic mass is 10.1. The Morgan fingerprint density at radius 1 is 0.542 bits per heavy atom. The molecule has 2 nitrogen and oxygen atoms in total. The Morgan fingerprint density at radius 3 is 1.33 bits per heavy atom. The fourth-order valence-electron chi connectivity index (χ4n) is 3.14. The van der Waals surface area contributed by atoms with Gasteiger partial charge in [-0.15, -0.1) is 0 Å². The minimum atomic E-state index is 0.723. The topological polar surface area (TPSA) is 18.5 Å². The summed E-state index contributed by atoms with van der Waals surface area (Å²) in [5.74, 6) is 2.95. The second-order valence-electron chi connectivity index (χ2n) is 5.67. The Kier molecular flexibility index (Phi) is 3.12. The van der Waals surface area contributed by atoms with Crippen LogP contribution in [0.1, 0.15) is 0 Å². The SMILES string of the molecule is Brc1cc2c(c3ccccc13)Oc1cc(Br)c3ccccc3c1O2. The molecule has 5 rings (SSSR count). The Hall–Kier alpha value is -2.04. The quantitative estimate of drug-likeness (QED) is 0.249. The maximum atomic E-state index is 6.26. The van der Waals surface area contributed by atoms with E-state index >= 15 is 0 Å². The van der Waals surface area contributed by atoms with Gasteiger partial charge in [0.25, 0.3) is 0 Å². The van der Waals surface area contributed by atoms with Crippen molar-refractivity contribution in [2.45, 2.75) is 0 Å². The molecule has 0 saturated heterocycles. The van der Waals surface area contributed by atoms with E-state index in [1.807, 2.05) is 48.5 Å². The van der Waals surface area contributed by atoms with Crippen molar-refractivity contribution in [2.75, 3.05) is 0 Å². The van der Waals surface area contributed by atoms with Crippen LogP contribution < -0.4 is 9.47 Å². The Labute approximate surface area is 155 Å². The second-order valence-corrected chi connectivity index (χ2v) is 7.38. The van der Waals surface area contributed by atoms with Crippen molar-refractivity contribution in [2.24, 2.45) is 0 Å². The lowest BCUT2D eigenvalue weighted by Crippen LogP contribution is -2.01. The third kappa shape index (κ3) is 2.00. The first-order valence-electron chi connectivity index (χ1n) is 7.50. The molecule has 0 unspecified atom stereocenters. The molecule has 0 fully saturated rings. The molecule has 0 radical (unpaired) electrons. The number of halogens is 2. The van der Waals surface area contributed by atoms with Crippen LogP contribution in [0.25, 0.3) is 21.5 Å². The van der Waals surface area contributed by atoms with Crippen LogP contribution in [0.3, 0.4) is 0 Å². The van der Waals surface area contributed by atoms with Crippen molar-refractivity contribution in [3.8, 4) is 23.0 Å². The number of fused-ring (bicyclic) bond motifs is 6. The van der Waals surface area contributed by atoms with E-state index in [9.17, 15) is 0 Å². The molecule has 0 atom stereocenters. The normalized spacial score (nSPS) is 12.4. The molecule has 0 spiro atoms. The van der Waals surface area contributed by atoms with Gasteiger partial charge in [0.1, 0.15) is 0 Å². The smallest absolute Gasteiger partial charge is 0.178 e. The number of hydrogen-bond donors (Lipinski definition) is 0. The van der Waals surface area contributed by atoms with Crippen molar-refractivity contribution >= 4 is 53.4 Å². The molecule has 1 heterocycles. The summed E-state index contributed by atoms with van der Waals surface area (Å²) in [5, 5.41) is 4.25. The van der Waals surface area contributed by atoms with E-state index < -0.39 is 0 Å². The summed E-state index contributed by atoms with van der Waals surface area (Å²) in [5.41, 5.74) is 0. The van der Waals surface area contributed by atoms with Crippen molar-refractivity contribution < 1.29 is 9.47 Å². The second kappa shape index (κ2) is 5.23. The summed E-state index contributed by atoms with van der Waals surface area (Å²) < 4.78 is 14.5. The maximum Gasteiger partial charge on any atom is 0.178 e. The Bertz CT molecular complexity index is 1040. The highest BCUT2D eigenvalue weighted by atomic mass is 79.9. The molecular formula is C20H10Br2O2. The van der Waals surface area contributed by atoms with Gasteiger partial charge in [0.2, 0.25) is 0 Å². The summed E-state index contributed by atoms with van der Waals surface area (Å²) in [6.45, 7) is 0. The summed E-state index contributed by atoms with van der Waals surface area (Å²) in [4.78, 5) is 0. The van der Waals surface area contributed by atoms with Crippen molar-refractivity contribution in [1.82, 2.24) is 0 Å². The summed E-state index contributed by atoms with van der Waals surface area (Å²) in [7, 11) is 0. The minimum Gasteiger partial charge on any atom is -0.449 e. The molecule has 4 aromatic rings. The van der Waals surface area contributed by atoms with Crippen LogP contribution in [0, 0.1) is 0 Å². The first-order chi connectivity index (χ1) is 11.7. The third-order valence-corrected chi connectivity index (χ3v) is 5.56. The van der Waals surface area contributed by atoms with Gasteiger partial charge in [-0.2, -0.15) is 0 Å². The average molecular weight is 442 g/mol. The van der Waals surface area contributed by atoms with Gasteiger partial charge < -0.3 is 9.47 Å². The van der Waals surface area contributed by atoms with E-state index in [2.05, 4.69) is 44.0 Å². The molecule has 0 bridgehead atoms. The number of hydrogen-bond acceptors (Lipinski definition) is 2. The first kappa shape index (κ1) is 14.3. The number of benzene rings is 4. The van der Waals surface area contributed by atoms with E-state index in [1.54, 1.807) is 0 Å². The molecule has 0 aromatic heterocycles. The third-order valence-electron chi connectivity index (χ3n) is 4.25. The fourth-order valence-corrected chi connectivity index (χ4v) is 4.25. The van der Waals surface area contributed by atoms with Crippen molar-refractivity contribution in [3.63, 3.8) is 0 Å². The zero-order valence-corrected chi connectivity index (χ0v) is 15.5. The Morgan fingerprint density at radius 2 is 0.917 bits per heavy atom. The molecule has 24 heavy (non-hydrogen) atoms. The summed E-state index contributed by atoms with van der Waals surface area (Å²) in [6.07, 6.45) is 0. The van der Waals surface area contributed by atoms with Crippen molar-refractivity contribution in [3.05, 3.63) is 69.6 Å². The predicted octanol–water partition coefficient (Wildman–Crippen LogP) is 7.42. The zero-order valence-electron chi connectivity index (χ0n) is 12.3. The van der Waals surface area contributed by atoms with Crippen LogP contribution in [0.5, 0.6) is 23.0 Å². The molecule has 0 N–H and O–H groups in total. The highest BCUT2D eigenvalue weighted by molar-refractivity contribution is 9.11. The summed E-state index contributed by atoms with van der Waals surface area (Å²) in [6, 6.07) is 20.2. The minimum absolute atomic E-state index is 0.723. The highest BCUT2D eigenvalue weighted by Crippen LogP contribution is 2.53. The highest BCUT2D eigenvalue weighted by Gasteiger charge is 2.25. The van der Waals surface area contributed by atoms with Gasteiger partial charge in [-0.05, 0) is 22.9 Å². The molecule has 116 valence electrons. The van der Waals surface area contributed by atoms with E-state index in [-0.39, 0.29) is 0 Å². The molecule has 4 aromatic carbocycles. The zero-order chi connectivity index (χ0) is 16.3. The van der Waals surface area contributed by atoms with E-state index in [0.29, 0.717) is 0 Å². The van der Waals surface area contributed by atoms with Gasteiger partial charge in [-0.25, -0.2) is 0 Å². The largest absolute Gasteiger partial charge is 0.449 e. The molecule has 0 saturated carbocycles. The molecule has 4 heteroatoms. The van der Waals surface area contributed by atoms with Gasteiger partial charge >= 0.3 is 0 Å². The van der Waals surface area contributed by atoms with Gasteiger partial charge in [-0.1, -0.05) is 80.4 Å². The summed E-state index contributed by atoms with van der Waals surface area (Å²) >= 11 is 7.27. The van der Waals surface area contributed by atoms with E-state index in [1.165, 1.54) is 0 Å². The predicted molar refractivity (Wildman–Crippen MR) is 103 cm³/mol. The molecule has 1 aliphatic rings. The molecule has 0 aliphatic carbocycles. The lowest BCUT2D eigenvalue weighted by Gasteiger charge is -2.24. The van der Waals surface area contributed by atoms with Crippen molar-refractivity contribution in [1.29, 1.82) is 0 Å². The first-order valence-corrected chi connectivity index (χ1v) is 9.09. The molecular weight excluding hydrogens is 432 g/mol. The van der Waals surface area contributed by atoms with E-state index in [0.717, 1.165) is 53.5 Å². The molecule has 1 aliphatic heterocycles. The van der Waals surface area contributed by atoms with Crippen LogP contribution in [0.15, 0.2) is 69.6 Å². The van der Waals surface area contributed by atoms with Crippen LogP contribution >= 0.6 is 31.9 Å². The van der Waals surface area contributed by atoms with Gasteiger partial charge in [0.05, 0.1) is 0 Å². The lowest BCUT2D eigenvalue weighted by molar-refractivity contribution is 0.366. The standard InChI is InChI=1S/C20H10Br2O2/c21-15-9-17-19(13-7-3-1-5-11(13)15)23-18-10-16(22)12-6-2-4-8-14(12)20(18)24-17/h1-10H. The van der Waals surface area contributed by atoms with Crippen LogP contribution in [0.4, 0.5) is 0 Å². The van der Waals surface area contributed by atoms with Gasteiger partial charge in [0.15, 0.2) is 23.0 Å². The van der Waals surface area contributed by atoms with Crippen LogP contribution in [-0.2, 0) is 0 Å². The number of ether oxygens (including phenoxy) is 2. The average Bonchev–Trinajstić information content (AvgIpc) is 2.62. The fraction of sp³-hybridized carbons (Fsp3) is 0. The van der Waals surface area contributed by atoms with Gasteiger partial charge in [-0.3, -0.25) is 0 Å². The molecule has 0 amide bonds.